The molecule has 0 aliphatic carbocycles. The summed E-state index contributed by atoms with van der Waals surface area (Å²) in [6.07, 6.45) is 1.72. The summed E-state index contributed by atoms with van der Waals surface area (Å²) >= 11 is 0. The number of methoxy groups -OCH3 is 1. The van der Waals surface area contributed by atoms with E-state index < -0.39 is 16.5 Å². The van der Waals surface area contributed by atoms with Gasteiger partial charge < -0.3 is 4.74 Å². The maximum Gasteiger partial charge on any atom is 0.307 e. The quantitative estimate of drug-likeness (QED) is 0.747. The molecule has 0 aromatic rings. The van der Waals surface area contributed by atoms with Crippen molar-refractivity contribution in [2.24, 2.45) is 0 Å². The van der Waals surface area contributed by atoms with E-state index in [0.29, 0.717) is 0 Å². The van der Waals surface area contributed by atoms with Crippen LogP contribution in [-0.4, -0.2) is 27.6 Å². The minimum absolute atomic E-state index is 0.248. The first-order valence-electron chi connectivity index (χ1n) is 5.97. The lowest BCUT2D eigenvalue weighted by molar-refractivity contribution is -0.142. The number of nitrogens with one attached hydrogen (secondary N) is 1. The first-order chi connectivity index (χ1) is 7.70. The topological polar surface area (TPSA) is 55.4 Å². The van der Waals surface area contributed by atoms with Crippen LogP contribution < -0.4 is 4.72 Å². The van der Waals surface area contributed by atoms with Crippen molar-refractivity contribution in [3.8, 4) is 0 Å². The van der Waals surface area contributed by atoms with E-state index in [1.807, 2.05) is 34.6 Å². The number of hydrogen-bond donors (Lipinski definition) is 1. The predicted octanol–water partition coefficient (Wildman–Crippen LogP) is 2.16. The van der Waals surface area contributed by atoms with E-state index in [0.717, 1.165) is 12.8 Å². The van der Waals surface area contributed by atoms with E-state index in [1.165, 1.54) is 7.11 Å². The number of carbonyl (C=O) groups is 1. The first kappa shape index (κ1) is 16.6. The van der Waals surface area contributed by atoms with Gasteiger partial charge in [-0.2, -0.15) is 0 Å². The van der Waals surface area contributed by atoms with Crippen molar-refractivity contribution in [3.63, 3.8) is 0 Å². The van der Waals surface area contributed by atoms with Gasteiger partial charge in [0.2, 0.25) is 0 Å². The molecule has 0 spiro atoms. The van der Waals surface area contributed by atoms with Crippen LogP contribution in [0.15, 0.2) is 0 Å². The zero-order valence-electron chi connectivity index (χ0n) is 11.8. The Morgan fingerprint density at radius 3 is 2.00 bits per heavy atom. The van der Waals surface area contributed by atoms with Crippen LogP contribution in [0.25, 0.3) is 0 Å². The van der Waals surface area contributed by atoms with Gasteiger partial charge in [0.1, 0.15) is 0 Å². The molecule has 0 rings (SSSR count). The second kappa shape index (κ2) is 6.50. The highest BCUT2D eigenvalue weighted by Gasteiger charge is 2.34. The van der Waals surface area contributed by atoms with Gasteiger partial charge in [0.05, 0.1) is 29.3 Å². The normalized spacial score (nSPS) is 14.5. The summed E-state index contributed by atoms with van der Waals surface area (Å²) in [6, 6.07) is 0. The largest absolute Gasteiger partial charge is 0.469 e. The van der Waals surface area contributed by atoms with Crippen molar-refractivity contribution in [1.82, 2.24) is 4.72 Å². The lowest BCUT2D eigenvalue weighted by atomic mass is 9.90. The molecular formula is C12H25NO3S. The number of rotatable bonds is 6. The molecule has 1 N–H and O–H groups in total. The van der Waals surface area contributed by atoms with Crippen LogP contribution in [-0.2, 0) is 20.5 Å². The second-order valence-electron chi connectivity index (χ2n) is 5.22. The first-order valence-corrected chi connectivity index (χ1v) is 7.12. The highest BCUT2D eigenvalue weighted by Crippen LogP contribution is 2.23. The molecule has 0 saturated carbocycles. The van der Waals surface area contributed by atoms with Crippen molar-refractivity contribution in [1.29, 1.82) is 0 Å². The molecule has 0 aromatic heterocycles. The van der Waals surface area contributed by atoms with Gasteiger partial charge in [-0.25, -0.2) is 8.93 Å². The molecule has 0 saturated heterocycles. The zero-order valence-corrected chi connectivity index (χ0v) is 12.6. The third-order valence-electron chi connectivity index (χ3n) is 2.93. The van der Waals surface area contributed by atoms with E-state index >= 15 is 0 Å². The molecule has 102 valence electrons. The van der Waals surface area contributed by atoms with Crippen LogP contribution in [0.2, 0.25) is 0 Å². The van der Waals surface area contributed by atoms with E-state index in [2.05, 4.69) is 4.72 Å². The Labute approximate surface area is 107 Å². The Morgan fingerprint density at radius 1 is 1.24 bits per heavy atom. The molecule has 0 radical (unpaired) electrons. The highest BCUT2D eigenvalue weighted by atomic mass is 32.2. The molecule has 0 amide bonds. The minimum Gasteiger partial charge on any atom is -0.469 e. The van der Waals surface area contributed by atoms with Gasteiger partial charge in [0.15, 0.2) is 0 Å². The maximum atomic E-state index is 12.1. The standard InChI is InChI=1S/C12H25NO3S/c1-7-12(8-2,9-10(14)16-6)13-17(15)11(3,4)5/h13H,7-9H2,1-6H3/t17-/m1/s1. The molecule has 0 aliphatic rings. The average molecular weight is 263 g/mol. The number of ether oxygens (including phenoxy) is 1. The fourth-order valence-corrected chi connectivity index (χ4v) is 2.44. The third kappa shape index (κ3) is 5.17. The van der Waals surface area contributed by atoms with Crippen LogP contribution >= 0.6 is 0 Å². The summed E-state index contributed by atoms with van der Waals surface area (Å²) in [5.74, 6) is -0.271. The predicted molar refractivity (Wildman–Crippen MR) is 71.0 cm³/mol. The van der Waals surface area contributed by atoms with E-state index in [-0.39, 0.29) is 17.1 Å². The molecule has 5 heteroatoms. The molecule has 0 aliphatic heterocycles. The molecule has 0 bridgehead atoms. The van der Waals surface area contributed by atoms with Crippen LogP contribution in [0.4, 0.5) is 0 Å². The number of hydrogen-bond acceptors (Lipinski definition) is 3. The molecule has 0 unspecified atom stereocenters. The summed E-state index contributed by atoms with van der Waals surface area (Å²) < 4.78 is 19.6. The molecule has 0 fully saturated rings. The van der Waals surface area contributed by atoms with Gasteiger partial charge in [-0.05, 0) is 33.6 Å². The van der Waals surface area contributed by atoms with E-state index in [9.17, 15) is 9.00 Å². The van der Waals surface area contributed by atoms with Crippen molar-refractivity contribution in [2.45, 2.75) is 64.2 Å². The fourth-order valence-electron chi connectivity index (χ4n) is 1.38. The van der Waals surface area contributed by atoms with Gasteiger partial charge in [-0.15, -0.1) is 0 Å². The number of esters is 1. The Bertz CT molecular complexity index is 280. The molecular weight excluding hydrogens is 238 g/mol. The monoisotopic (exact) mass is 263 g/mol. The maximum absolute atomic E-state index is 12.1. The van der Waals surface area contributed by atoms with Crippen molar-refractivity contribution in [3.05, 3.63) is 0 Å². The summed E-state index contributed by atoms with van der Waals surface area (Å²) in [5, 5.41) is 0. The Hall–Kier alpha value is -0.420. The molecule has 0 heterocycles. The van der Waals surface area contributed by atoms with Gasteiger partial charge >= 0.3 is 5.97 Å². The van der Waals surface area contributed by atoms with E-state index in [4.69, 9.17) is 4.74 Å². The van der Waals surface area contributed by atoms with Crippen LogP contribution in [0.3, 0.4) is 0 Å². The van der Waals surface area contributed by atoms with Gasteiger partial charge in [-0.1, -0.05) is 13.8 Å². The van der Waals surface area contributed by atoms with Crippen LogP contribution in [0.5, 0.6) is 0 Å². The average Bonchev–Trinajstić information content (AvgIpc) is 2.26. The van der Waals surface area contributed by atoms with Crippen molar-refractivity contribution < 1.29 is 13.7 Å². The zero-order chi connectivity index (χ0) is 13.7. The van der Waals surface area contributed by atoms with Crippen LogP contribution in [0, 0.1) is 0 Å². The second-order valence-corrected chi connectivity index (χ2v) is 7.19. The van der Waals surface area contributed by atoms with Gasteiger partial charge in [0.25, 0.3) is 0 Å². The number of carbonyl (C=O) groups excluding carboxylic acids is 1. The summed E-state index contributed by atoms with van der Waals surface area (Å²) in [5.41, 5.74) is -0.439. The fraction of sp³-hybridized carbons (Fsp3) is 0.917. The molecule has 17 heavy (non-hydrogen) atoms. The Balaban J connectivity index is 4.84. The smallest absolute Gasteiger partial charge is 0.307 e. The summed E-state index contributed by atoms with van der Waals surface area (Å²) in [6.45, 7) is 9.69. The molecule has 4 nitrogen and oxygen atoms in total. The molecule has 0 aromatic carbocycles. The van der Waals surface area contributed by atoms with Crippen molar-refractivity contribution in [2.75, 3.05) is 7.11 Å². The summed E-state index contributed by atoms with van der Waals surface area (Å²) in [7, 11) is 0.191. The van der Waals surface area contributed by atoms with Gasteiger partial charge in [0, 0.05) is 5.54 Å². The lowest BCUT2D eigenvalue weighted by Gasteiger charge is -2.34. The van der Waals surface area contributed by atoms with Crippen LogP contribution in [0.1, 0.15) is 53.9 Å². The third-order valence-corrected chi connectivity index (χ3v) is 4.66. The Kier molecular flexibility index (Phi) is 6.34. The van der Waals surface area contributed by atoms with E-state index in [1.54, 1.807) is 0 Å². The SMILES string of the molecule is CCC(CC)(CC(=O)OC)N[S@](=O)C(C)(C)C. The minimum atomic E-state index is -1.18. The Morgan fingerprint density at radius 2 is 1.71 bits per heavy atom. The highest BCUT2D eigenvalue weighted by molar-refractivity contribution is 7.84. The van der Waals surface area contributed by atoms with Gasteiger partial charge in [-0.3, -0.25) is 4.79 Å². The van der Waals surface area contributed by atoms with Crippen molar-refractivity contribution >= 4 is 17.0 Å². The molecule has 1 atom stereocenters. The lowest BCUT2D eigenvalue weighted by Crippen LogP contribution is -2.50. The summed E-state index contributed by atoms with van der Waals surface area (Å²) in [4.78, 5) is 11.4.